The predicted molar refractivity (Wildman–Crippen MR) is 53.1 cm³/mol. The largest absolute Gasteiger partial charge is 0.481 e. The molecule has 0 aliphatic rings. The lowest BCUT2D eigenvalue weighted by molar-refractivity contribution is -0.241. The van der Waals surface area contributed by atoms with E-state index in [-0.39, 0.29) is 6.42 Å². The number of hydrogen-bond donors (Lipinski definition) is 1. The second kappa shape index (κ2) is 6.79. The minimum atomic E-state index is -0.927. The zero-order valence-corrected chi connectivity index (χ0v) is 9.21. The molecular weight excluding hydrogens is 184 g/mol. The van der Waals surface area contributed by atoms with Crippen molar-refractivity contribution in [2.24, 2.45) is 0 Å². The van der Waals surface area contributed by atoms with Gasteiger partial charge in [0.15, 0.2) is 5.79 Å². The summed E-state index contributed by atoms with van der Waals surface area (Å²) in [5.74, 6) is -1.82. The second-order valence-corrected chi connectivity index (χ2v) is 3.10. The van der Waals surface area contributed by atoms with Gasteiger partial charge in [0.1, 0.15) is 0 Å². The standard InChI is InChI=1S/C10H20O4/c1-4-7-10(13-5-2,14-6-3)8-9(11)12/h4-8H2,1-3H3,(H,11,12). The number of carboxylic acids is 1. The van der Waals surface area contributed by atoms with Gasteiger partial charge in [-0.15, -0.1) is 0 Å². The molecule has 0 radical (unpaired) electrons. The van der Waals surface area contributed by atoms with Gasteiger partial charge in [-0.1, -0.05) is 13.3 Å². The smallest absolute Gasteiger partial charge is 0.308 e. The molecule has 0 aromatic rings. The monoisotopic (exact) mass is 204 g/mol. The van der Waals surface area contributed by atoms with Crippen LogP contribution in [0.2, 0.25) is 0 Å². The summed E-state index contributed by atoms with van der Waals surface area (Å²) in [5.41, 5.74) is 0. The van der Waals surface area contributed by atoms with Crippen LogP contribution < -0.4 is 0 Å². The molecule has 0 rings (SSSR count). The summed E-state index contributed by atoms with van der Waals surface area (Å²) < 4.78 is 10.8. The van der Waals surface area contributed by atoms with E-state index in [1.54, 1.807) is 0 Å². The Hall–Kier alpha value is -0.610. The molecule has 0 bridgehead atoms. The first-order chi connectivity index (χ1) is 6.60. The lowest BCUT2D eigenvalue weighted by Gasteiger charge is -2.31. The van der Waals surface area contributed by atoms with Gasteiger partial charge in [0, 0.05) is 19.6 Å². The van der Waals surface area contributed by atoms with Crippen molar-refractivity contribution in [1.82, 2.24) is 0 Å². The molecule has 0 saturated carbocycles. The molecule has 0 fully saturated rings. The Labute approximate surface area is 85.2 Å². The highest BCUT2D eigenvalue weighted by molar-refractivity contribution is 5.67. The highest BCUT2D eigenvalue weighted by Crippen LogP contribution is 2.24. The average molecular weight is 204 g/mol. The molecule has 0 aromatic carbocycles. The van der Waals surface area contributed by atoms with Crippen LogP contribution in [0.4, 0.5) is 0 Å². The lowest BCUT2D eigenvalue weighted by atomic mass is 10.1. The maximum atomic E-state index is 10.7. The van der Waals surface area contributed by atoms with Crippen LogP contribution in [0.3, 0.4) is 0 Å². The average Bonchev–Trinajstić information content (AvgIpc) is 2.03. The zero-order chi connectivity index (χ0) is 11.0. The zero-order valence-electron chi connectivity index (χ0n) is 9.21. The molecule has 0 heterocycles. The van der Waals surface area contributed by atoms with E-state index in [2.05, 4.69) is 0 Å². The van der Waals surface area contributed by atoms with Crippen LogP contribution in [0, 0.1) is 0 Å². The molecule has 0 aliphatic carbocycles. The molecule has 0 saturated heterocycles. The molecule has 4 nitrogen and oxygen atoms in total. The lowest BCUT2D eigenvalue weighted by Crippen LogP contribution is -2.38. The van der Waals surface area contributed by atoms with Crippen molar-refractivity contribution in [3.63, 3.8) is 0 Å². The summed E-state index contributed by atoms with van der Waals surface area (Å²) in [5, 5.41) is 8.77. The molecule has 0 unspecified atom stereocenters. The van der Waals surface area contributed by atoms with Crippen LogP contribution in [0.5, 0.6) is 0 Å². The van der Waals surface area contributed by atoms with Gasteiger partial charge in [0.05, 0.1) is 6.42 Å². The van der Waals surface area contributed by atoms with Crippen molar-refractivity contribution in [3.05, 3.63) is 0 Å². The fraction of sp³-hybridized carbons (Fsp3) is 0.900. The first-order valence-electron chi connectivity index (χ1n) is 5.10. The first kappa shape index (κ1) is 13.4. The van der Waals surface area contributed by atoms with Crippen molar-refractivity contribution in [2.45, 2.75) is 45.8 Å². The Morgan fingerprint density at radius 1 is 1.21 bits per heavy atom. The van der Waals surface area contributed by atoms with Crippen molar-refractivity contribution in [1.29, 1.82) is 0 Å². The van der Waals surface area contributed by atoms with Crippen molar-refractivity contribution >= 4 is 5.97 Å². The molecule has 1 N–H and O–H groups in total. The Bertz CT molecular complexity index is 150. The van der Waals surface area contributed by atoms with E-state index < -0.39 is 11.8 Å². The van der Waals surface area contributed by atoms with Crippen molar-refractivity contribution in [3.8, 4) is 0 Å². The van der Waals surface area contributed by atoms with Crippen LogP contribution in [-0.4, -0.2) is 30.1 Å². The highest BCUT2D eigenvalue weighted by Gasteiger charge is 2.33. The van der Waals surface area contributed by atoms with Gasteiger partial charge in [-0.2, -0.15) is 0 Å². The summed E-state index contributed by atoms with van der Waals surface area (Å²) in [6.07, 6.45) is 1.36. The Balaban J connectivity index is 4.45. The van der Waals surface area contributed by atoms with E-state index in [4.69, 9.17) is 14.6 Å². The minimum absolute atomic E-state index is 0.0947. The minimum Gasteiger partial charge on any atom is -0.481 e. The number of carboxylic acid groups (broad SMARTS) is 1. The quantitative estimate of drug-likeness (QED) is 0.615. The Kier molecular flexibility index (Phi) is 6.49. The summed E-state index contributed by atoms with van der Waals surface area (Å²) in [6.45, 7) is 6.59. The van der Waals surface area contributed by atoms with E-state index in [1.165, 1.54) is 0 Å². The van der Waals surface area contributed by atoms with Gasteiger partial charge >= 0.3 is 5.97 Å². The van der Waals surface area contributed by atoms with Crippen LogP contribution >= 0.6 is 0 Å². The predicted octanol–water partition coefficient (Wildman–Crippen LogP) is 2.03. The van der Waals surface area contributed by atoms with Crippen molar-refractivity contribution < 1.29 is 19.4 Å². The van der Waals surface area contributed by atoms with Crippen LogP contribution in [0.1, 0.15) is 40.0 Å². The number of ether oxygens (including phenoxy) is 2. The number of hydrogen-bond acceptors (Lipinski definition) is 3. The number of rotatable bonds is 8. The van der Waals surface area contributed by atoms with E-state index >= 15 is 0 Å². The van der Waals surface area contributed by atoms with Crippen molar-refractivity contribution in [2.75, 3.05) is 13.2 Å². The third kappa shape index (κ3) is 4.58. The fourth-order valence-corrected chi connectivity index (χ4v) is 1.51. The topological polar surface area (TPSA) is 55.8 Å². The molecule has 4 heteroatoms. The molecule has 0 amide bonds. The van der Waals surface area contributed by atoms with Gasteiger partial charge in [0.25, 0.3) is 0 Å². The van der Waals surface area contributed by atoms with Gasteiger partial charge in [0.2, 0.25) is 0 Å². The third-order valence-corrected chi connectivity index (χ3v) is 1.87. The number of aliphatic carboxylic acids is 1. The maximum Gasteiger partial charge on any atom is 0.308 e. The third-order valence-electron chi connectivity index (χ3n) is 1.87. The summed E-state index contributed by atoms with van der Waals surface area (Å²) in [4.78, 5) is 10.7. The van der Waals surface area contributed by atoms with E-state index in [1.807, 2.05) is 20.8 Å². The second-order valence-electron chi connectivity index (χ2n) is 3.10. The van der Waals surface area contributed by atoms with E-state index in [0.29, 0.717) is 19.6 Å². The van der Waals surface area contributed by atoms with E-state index in [0.717, 1.165) is 6.42 Å². The van der Waals surface area contributed by atoms with Crippen LogP contribution in [0.25, 0.3) is 0 Å². The molecule has 84 valence electrons. The van der Waals surface area contributed by atoms with Crippen LogP contribution in [0.15, 0.2) is 0 Å². The van der Waals surface area contributed by atoms with Gasteiger partial charge in [-0.3, -0.25) is 4.79 Å². The van der Waals surface area contributed by atoms with Gasteiger partial charge in [-0.25, -0.2) is 0 Å². The summed E-state index contributed by atoms with van der Waals surface area (Å²) in [6, 6.07) is 0. The molecule has 0 aromatic heterocycles. The SMILES string of the molecule is CCCC(CC(=O)O)(OCC)OCC. The Morgan fingerprint density at radius 3 is 2.00 bits per heavy atom. The molecule has 0 aliphatic heterocycles. The van der Waals surface area contributed by atoms with Crippen LogP contribution in [-0.2, 0) is 14.3 Å². The normalized spacial score (nSPS) is 11.6. The highest BCUT2D eigenvalue weighted by atomic mass is 16.7. The summed E-state index contributed by atoms with van der Waals surface area (Å²) >= 11 is 0. The maximum absolute atomic E-state index is 10.7. The molecular formula is C10H20O4. The molecule has 0 spiro atoms. The number of carbonyl (C=O) groups is 1. The van der Waals surface area contributed by atoms with Gasteiger partial charge in [-0.05, 0) is 13.8 Å². The molecule has 14 heavy (non-hydrogen) atoms. The summed E-state index contributed by atoms with van der Waals surface area (Å²) in [7, 11) is 0. The fourth-order valence-electron chi connectivity index (χ4n) is 1.51. The first-order valence-corrected chi connectivity index (χ1v) is 5.10. The molecule has 0 atom stereocenters. The van der Waals surface area contributed by atoms with E-state index in [9.17, 15) is 4.79 Å². The van der Waals surface area contributed by atoms with Gasteiger partial charge < -0.3 is 14.6 Å². The Morgan fingerprint density at radius 2 is 1.71 bits per heavy atom.